The van der Waals surface area contributed by atoms with Crippen molar-refractivity contribution in [1.29, 1.82) is 0 Å². The van der Waals surface area contributed by atoms with Crippen LogP contribution in [0.3, 0.4) is 0 Å². The van der Waals surface area contributed by atoms with E-state index < -0.39 is 0 Å². The summed E-state index contributed by atoms with van der Waals surface area (Å²) in [5.41, 5.74) is -0.118. The maximum atomic E-state index is 12.1. The Labute approximate surface area is 104 Å². The molecule has 4 heteroatoms. The predicted molar refractivity (Wildman–Crippen MR) is 66.9 cm³/mol. The van der Waals surface area contributed by atoms with Crippen molar-refractivity contribution in [2.75, 3.05) is 26.2 Å². The molecule has 2 rings (SSSR count). The largest absolute Gasteiger partial charge is 0.363 e. The second-order valence-electron chi connectivity index (χ2n) is 5.49. The topological polar surface area (TPSA) is 41.6 Å². The van der Waals surface area contributed by atoms with Crippen LogP contribution in [-0.4, -0.2) is 48.7 Å². The first-order valence-corrected chi connectivity index (χ1v) is 6.79. The van der Waals surface area contributed by atoms with Gasteiger partial charge < -0.3 is 15.0 Å². The molecule has 0 aromatic carbocycles. The van der Waals surface area contributed by atoms with Crippen molar-refractivity contribution in [2.24, 2.45) is 0 Å². The molecule has 1 unspecified atom stereocenters. The molecule has 2 aliphatic rings. The highest BCUT2D eigenvalue weighted by Gasteiger charge is 2.34. The number of carbonyl (C=O) groups is 1. The van der Waals surface area contributed by atoms with E-state index in [1.165, 1.54) is 6.42 Å². The fourth-order valence-corrected chi connectivity index (χ4v) is 2.65. The molecule has 0 aromatic heterocycles. The molecule has 4 nitrogen and oxygen atoms in total. The standard InChI is InChI=1S/C13H24N2O2/c1-3-11-6-4-5-7-15(11)12(16)8-17-13(2)9-14-10-13/h11,14H,3-10H2,1-2H3. The number of piperidine rings is 1. The lowest BCUT2D eigenvalue weighted by molar-refractivity contribution is -0.149. The van der Waals surface area contributed by atoms with Gasteiger partial charge in [-0.3, -0.25) is 4.79 Å². The van der Waals surface area contributed by atoms with Gasteiger partial charge in [0.25, 0.3) is 0 Å². The first-order valence-electron chi connectivity index (χ1n) is 6.79. The Morgan fingerprint density at radius 2 is 2.24 bits per heavy atom. The third kappa shape index (κ3) is 2.99. The van der Waals surface area contributed by atoms with Gasteiger partial charge in [-0.2, -0.15) is 0 Å². The second kappa shape index (κ2) is 5.36. The fraction of sp³-hybridized carbons (Fsp3) is 0.923. The van der Waals surface area contributed by atoms with Crippen molar-refractivity contribution in [3.8, 4) is 0 Å². The van der Waals surface area contributed by atoms with Gasteiger partial charge in [0.1, 0.15) is 6.61 Å². The summed E-state index contributed by atoms with van der Waals surface area (Å²) in [6.45, 7) is 7.10. The van der Waals surface area contributed by atoms with Gasteiger partial charge >= 0.3 is 0 Å². The maximum absolute atomic E-state index is 12.1. The minimum atomic E-state index is -0.118. The monoisotopic (exact) mass is 240 g/mol. The molecule has 2 saturated heterocycles. The van der Waals surface area contributed by atoms with E-state index >= 15 is 0 Å². The van der Waals surface area contributed by atoms with E-state index in [1.807, 2.05) is 4.90 Å². The lowest BCUT2D eigenvalue weighted by Crippen LogP contribution is -2.60. The molecule has 17 heavy (non-hydrogen) atoms. The molecule has 1 atom stereocenters. The third-order valence-electron chi connectivity index (χ3n) is 3.96. The van der Waals surface area contributed by atoms with E-state index in [4.69, 9.17) is 4.74 Å². The molecular weight excluding hydrogens is 216 g/mol. The molecule has 2 fully saturated rings. The Morgan fingerprint density at radius 3 is 2.82 bits per heavy atom. The Balaban J connectivity index is 1.81. The first kappa shape index (κ1) is 12.8. The highest BCUT2D eigenvalue weighted by atomic mass is 16.5. The summed E-state index contributed by atoms with van der Waals surface area (Å²) in [7, 11) is 0. The lowest BCUT2D eigenvalue weighted by atomic mass is 9.99. The number of hydrogen-bond acceptors (Lipinski definition) is 3. The average molecular weight is 240 g/mol. The Morgan fingerprint density at radius 1 is 1.47 bits per heavy atom. The Hall–Kier alpha value is -0.610. The zero-order valence-electron chi connectivity index (χ0n) is 11.0. The summed E-state index contributed by atoms with van der Waals surface area (Å²) in [5.74, 6) is 0.171. The van der Waals surface area contributed by atoms with Crippen LogP contribution in [-0.2, 0) is 9.53 Å². The number of rotatable bonds is 4. The van der Waals surface area contributed by atoms with Crippen molar-refractivity contribution in [3.63, 3.8) is 0 Å². The number of hydrogen-bond donors (Lipinski definition) is 1. The van der Waals surface area contributed by atoms with Crippen molar-refractivity contribution in [2.45, 2.75) is 51.2 Å². The van der Waals surface area contributed by atoms with E-state index in [0.717, 1.165) is 38.9 Å². The molecule has 1 N–H and O–H groups in total. The van der Waals surface area contributed by atoms with Crippen LogP contribution in [0.2, 0.25) is 0 Å². The molecule has 0 spiro atoms. The predicted octanol–water partition coefficient (Wildman–Crippen LogP) is 1.16. The number of nitrogens with one attached hydrogen (secondary N) is 1. The van der Waals surface area contributed by atoms with Gasteiger partial charge in [-0.05, 0) is 32.6 Å². The summed E-state index contributed by atoms with van der Waals surface area (Å²) in [5, 5.41) is 3.18. The van der Waals surface area contributed by atoms with E-state index in [-0.39, 0.29) is 18.1 Å². The van der Waals surface area contributed by atoms with Gasteiger partial charge in [0.2, 0.25) is 5.91 Å². The number of amides is 1. The van der Waals surface area contributed by atoms with E-state index in [1.54, 1.807) is 0 Å². The lowest BCUT2D eigenvalue weighted by Gasteiger charge is -2.40. The molecule has 0 aromatic rings. The minimum absolute atomic E-state index is 0.118. The van der Waals surface area contributed by atoms with Crippen LogP contribution >= 0.6 is 0 Å². The van der Waals surface area contributed by atoms with Crippen molar-refractivity contribution in [1.82, 2.24) is 10.2 Å². The summed E-state index contributed by atoms with van der Waals surface area (Å²) >= 11 is 0. The molecule has 98 valence electrons. The SMILES string of the molecule is CCC1CCCCN1C(=O)COC1(C)CNC1. The Kier molecular flexibility index (Phi) is 4.05. The number of carbonyl (C=O) groups excluding carboxylic acids is 1. The van der Waals surface area contributed by atoms with Crippen molar-refractivity contribution >= 4 is 5.91 Å². The van der Waals surface area contributed by atoms with Gasteiger partial charge in [0.05, 0.1) is 5.60 Å². The average Bonchev–Trinajstić information content (AvgIpc) is 2.33. The molecule has 0 aliphatic carbocycles. The second-order valence-corrected chi connectivity index (χ2v) is 5.49. The van der Waals surface area contributed by atoms with Crippen LogP contribution in [0.5, 0.6) is 0 Å². The molecular formula is C13H24N2O2. The van der Waals surface area contributed by atoms with Crippen LogP contribution < -0.4 is 5.32 Å². The zero-order valence-corrected chi connectivity index (χ0v) is 11.0. The van der Waals surface area contributed by atoms with Gasteiger partial charge in [0.15, 0.2) is 0 Å². The number of likely N-dealkylation sites (tertiary alicyclic amines) is 1. The molecule has 2 heterocycles. The molecule has 0 bridgehead atoms. The van der Waals surface area contributed by atoms with Gasteiger partial charge in [-0.25, -0.2) is 0 Å². The first-order chi connectivity index (χ1) is 8.14. The smallest absolute Gasteiger partial charge is 0.248 e. The molecule has 0 saturated carbocycles. The van der Waals surface area contributed by atoms with E-state index in [2.05, 4.69) is 19.2 Å². The van der Waals surface area contributed by atoms with E-state index in [9.17, 15) is 4.79 Å². The molecule has 0 radical (unpaired) electrons. The third-order valence-corrected chi connectivity index (χ3v) is 3.96. The normalized spacial score (nSPS) is 27.6. The van der Waals surface area contributed by atoms with Gasteiger partial charge in [-0.1, -0.05) is 6.92 Å². The molecule has 1 amide bonds. The van der Waals surface area contributed by atoms with Crippen LogP contribution in [0.1, 0.15) is 39.5 Å². The quantitative estimate of drug-likeness (QED) is 0.801. The van der Waals surface area contributed by atoms with Gasteiger partial charge in [0, 0.05) is 25.7 Å². The minimum Gasteiger partial charge on any atom is -0.363 e. The van der Waals surface area contributed by atoms with Crippen LogP contribution in [0.25, 0.3) is 0 Å². The van der Waals surface area contributed by atoms with Crippen molar-refractivity contribution < 1.29 is 9.53 Å². The molecule has 2 aliphatic heterocycles. The van der Waals surface area contributed by atoms with Gasteiger partial charge in [-0.15, -0.1) is 0 Å². The van der Waals surface area contributed by atoms with Crippen LogP contribution in [0, 0.1) is 0 Å². The number of nitrogens with zero attached hydrogens (tertiary/aromatic N) is 1. The highest BCUT2D eigenvalue weighted by Crippen LogP contribution is 2.21. The van der Waals surface area contributed by atoms with Crippen LogP contribution in [0.15, 0.2) is 0 Å². The fourth-order valence-electron chi connectivity index (χ4n) is 2.65. The van der Waals surface area contributed by atoms with E-state index in [0.29, 0.717) is 6.04 Å². The van der Waals surface area contributed by atoms with Crippen LogP contribution in [0.4, 0.5) is 0 Å². The Bertz CT molecular complexity index is 277. The number of ether oxygens (including phenoxy) is 1. The maximum Gasteiger partial charge on any atom is 0.248 e. The summed E-state index contributed by atoms with van der Waals surface area (Å²) in [6.07, 6.45) is 4.61. The summed E-state index contributed by atoms with van der Waals surface area (Å²) in [4.78, 5) is 14.2. The summed E-state index contributed by atoms with van der Waals surface area (Å²) in [6, 6.07) is 0.437. The summed E-state index contributed by atoms with van der Waals surface area (Å²) < 4.78 is 5.72. The zero-order chi connectivity index (χ0) is 12.3. The highest BCUT2D eigenvalue weighted by molar-refractivity contribution is 5.78. The van der Waals surface area contributed by atoms with Crippen molar-refractivity contribution in [3.05, 3.63) is 0 Å².